The van der Waals surface area contributed by atoms with Crippen LogP contribution in [0.1, 0.15) is 41.5 Å². The Morgan fingerprint density at radius 2 is 1.16 bits per heavy atom. The molecule has 13 nitrogen and oxygen atoms in total. The lowest BCUT2D eigenvalue weighted by atomic mass is 9.93. The van der Waals surface area contributed by atoms with Crippen molar-refractivity contribution < 1.29 is 61.9 Å². The molecule has 0 aromatic carbocycles. The Morgan fingerprint density at radius 1 is 0.677 bits per heavy atom. The van der Waals surface area contributed by atoms with Gasteiger partial charge in [-0.15, -0.1) is 0 Å². The van der Waals surface area contributed by atoms with Crippen LogP contribution in [0.25, 0.3) is 0 Å². The first kappa shape index (κ1) is 25.8. The number of esters is 6. The van der Waals surface area contributed by atoms with E-state index in [1.807, 2.05) is 0 Å². The van der Waals surface area contributed by atoms with E-state index >= 15 is 0 Å². The molecule has 0 amide bonds. The van der Waals surface area contributed by atoms with E-state index in [2.05, 4.69) is 0 Å². The molecule has 1 saturated heterocycles. The maximum Gasteiger partial charge on any atom is 0.327 e. The molecule has 0 radical (unpaired) electrons. The Morgan fingerprint density at radius 3 is 1.55 bits per heavy atom. The van der Waals surface area contributed by atoms with Gasteiger partial charge in [-0.05, 0) is 0 Å². The fourth-order valence-electron chi connectivity index (χ4n) is 2.85. The van der Waals surface area contributed by atoms with E-state index in [-0.39, 0.29) is 0 Å². The minimum atomic E-state index is -2.56. The van der Waals surface area contributed by atoms with E-state index in [1.54, 1.807) is 0 Å². The lowest BCUT2D eigenvalue weighted by Gasteiger charge is -2.49. The molecule has 1 aliphatic rings. The fourth-order valence-corrected chi connectivity index (χ4v) is 2.85. The van der Waals surface area contributed by atoms with Crippen LogP contribution in [0, 0.1) is 0 Å². The maximum atomic E-state index is 11.9. The second kappa shape index (κ2) is 10.7. The minimum Gasteiger partial charge on any atom is -0.463 e. The summed E-state index contributed by atoms with van der Waals surface area (Å²) in [5.74, 6) is -8.11. The molecule has 4 atom stereocenters. The number of hydrogen-bond acceptors (Lipinski definition) is 13. The molecule has 0 bridgehead atoms. The fraction of sp³-hybridized carbons (Fsp3) is 0.667. The molecule has 0 aromatic heterocycles. The molecule has 0 saturated carbocycles. The Kier molecular flexibility index (Phi) is 8.91. The van der Waals surface area contributed by atoms with E-state index in [0.717, 1.165) is 41.5 Å². The Balaban J connectivity index is 3.70. The van der Waals surface area contributed by atoms with Crippen molar-refractivity contribution >= 4 is 35.8 Å². The number of carbonyl (C=O) groups is 6. The van der Waals surface area contributed by atoms with Gasteiger partial charge in [0.1, 0.15) is 6.61 Å². The second-order valence-electron chi connectivity index (χ2n) is 6.42. The zero-order chi connectivity index (χ0) is 23.9. The van der Waals surface area contributed by atoms with Crippen molar-refractivity contribution in [2.45, 2.75) is 71.9 Å². The van der Waals surface area contributed by atoms with Crippen LogP contribution in [0.3, 0.4) is 0 Å². The van der Waals surface area contributed by atoms with Crippen molar-refractivity contribution in [3.8, 4) is 0 Å². The highest BCUT2D eigenvalue weighted by Gasteiger charge is 2.66. The third-order valence-electron chi connectivity index (χ3n) is 3.63. The van der Waals surface area contributed by atoms with Crippen molar-refractivity contribution in [3.05, 3.63) is 0 Å². The third-order valence-corrected chi connectivity index (χ3v) is 3.63. The van der Waals surface area contributed by atoms with Gasteiger partial charge in [-0.2, -0.15) is 0 Å². The highest BCUT2D eigenvalue weighted by Crippen LogP contribution is 2.39. The van der Waals surface area contributed by atoms with Crippen LogP contribution < -0.4 is 0 Å². The summed E-state index contributed by atoms with van der Waals surface area (Å²) in [6, 6.07) is 0. The smallest absolute Gasteiger partial charge is 0.327 e. The average Bonchev–Trinajstić information content (AvgIpc) is 2.57. The van der Waals surface area contributed by atoms with Gasteiger partial charge in [0.15, 0.2) is 6.10 Å². The molecule has 31 heavy (non-hydrogen) atoms. The number of ether oxygens (including phenoxy) is 7. The van der Waals surface area contributed by atoms with Gasteiger partial charge >= 0.3 is 41.6 Å². The molecule has 1 fully saturated rings. The van der Waals surface area contributed by atoms with Gasteiger partial charge in [-0.3, -0.25) is 28.8 Å². The van der Waals surface area contributed by atoms with Crippen LogP contribution in [0.2, 0.25) is 0 Å². The van der Waals surface area contributed by atoms with Crippen LogP contribution in [0.15, 0.2) is 0 Å². The molecule has 1 heterocycles. The predicted octanol–water partition coefficient (Wildman–Crippen LogP) is -0.477. The summed E-state index contributed by atoms with van der Waals surface area (Å²) in [5.41, 5.74) is 0. The third kappa shape index (κ3) is 7.20. The van der Waals surface area contributed by atoms with Crippen molar-refractivity contribution in [3.63, 3.8) is 0 Å². The molecule has 4 unspecified atom stereocenters. The van der Waals surface area contributed by atoms with E-state index in [1.165, 1.54) is 0 Å². The lowest BCUT2D eigenvalue weighted by Crippen LogP contribution is -2.72. The van der Waals surface area contributed by atoms with Crippen molar-refractivity contribution in [1.82, 2.24) is 0 Å². The van der Waals surface area contributed by atoms with Crippen LogP contribution in [0.5, 0.6) is 0 Å². The van der Waals surface area contributed by atoms with Crippen molar-refractivity contribution in [2.75, 3.05) is 6.61 Å². The highest BCUT2D eigenvalue weighted by atomic mass is 16.8. The van der Waals surface area contributed by atoms with Gasteiger partial charge in [0.05, 0.1) is 0 Å². The van der Waals surface area contributed by atoms with Crippen molar-refractivity contribution in [2.24, 2.45) is 0 Å². The molecule has 0 N–H and O–H groups in total. The summed E-state index contributed by atoms with van der Waals surface area (Å²) >= 11 is 0. The predicted molar refractivity (Wildman–Crippen MR) is 94.4 cm³/mol. The number of rotatable bonds is 7. The van der Waals surface area contributed by atoms with Crippen LogP contribution in [-0.4, -0.2) is 72.8 Å². The van der Waals surface area contributed by atoms with Gasteiger partial charge in [0, 0.05) is 41.5 Å². The minimum absolute atomic E-state index is 0.682. The van der Waals surface area contributed by atoms with Gasteiger partial charge in [0.25, 0.3) is 0 Å². The van der Waals surface area contributed by atoms with Crippen molar-refractivity contribution in [1.29, 1.82) is 0 Å². The van der Waals surface area contributed by atoms with Gasteiger partial charge in [-0.1, -0.05) is 0 Å². The molecule has 0 aromatic rings. The molecular weight excluding hydrogens is 424 g/mol. The van der Waals surface area contributed by atoms with E-state index in [9.17, 15) is 28.8 Å². The normalized spacial score (nSPS) is 24.2. The lowest BCUT2D eigenvalue weighted by molar-refractivity contribution is -0.382. The molecule has 13 heteroatoms. The topological polar surface area (TPSA) is 167 Å². The molecule has 174 valence electrons. The first-order valence-corrected chi connectivity index (χ1v) is 8.98. The first-order chi connectivity index (χ1) is 14.3. The zero-order valence-corrected chi connectivity index (χ0v) is 17.8. The Labute approximate surface area is 177 Å². The summed E-state index contributed by atoms with van der Waals surface area (Å²) in [5, 5.41) is 0. The summed E-state index contributed by atoms with van der Waals surface area (Å²) in [6.07, 6.45) is -6.94. The van der Waals surface area contributed by atoms with Gasteiger partial charge < -0.3 is 33.2 Å². The zero-order valence-electron chi connectivity index (χ0n) is 17.8. The maximum absolute atomic E-state index is 11.9. The molecule has 1 rings (SSSR count). The van der Waals surface area contributed by atoms with E-state index in [0.29, 0.717) is 0 Å². The van der Waals surface area contributed by atoms with Crippen LogP contribution in [-0.2, 0) is 61.9 Å². The summed E-state index contributed by atoms with van der Waals surface area (Å²) < 4.78 is 36.1. The first-order valence-electron chi connectivity index (χ1n) is 8.98. The van der Waals surface area contributed by atoms with Gasteiger partial charge in [0.2, 0.25) is 18.5 Å². The monoisotopic (exact) mass is 448 g/mol. The molecule has 0 spiro atoms. The van der Waals surface area contributed by atoms with E-state index < -0.39 is 72.8 Å². The van der Waals surface area contributed by atoms with Crippen LogP contribution in [0.4, 0.5) is 0 Å². The average molecular weight is 448 g/mol. The highest BCUT2D eigenvalue weighted by molar-refractivity contribution is 5.71. The summed E-state index contributed by atoms with van der Waals surface area (Å²) in [6.45, 7) is 5.30. The Hall–Kier alpha value is -3.22. The SMILES string of the molecule is CC(=O)OCC1OC(OC(C)=O)C(OC(C)=O)C(OC(C)=O)C1(OC(C)=O)OC(C)=O. The number of carbonyl (C=O) groups excluding carboxylic acids is 6. The largest absolute Gasteiger partial charge is 0.463 e. The van der Waals surface area contributed by atoms with E-state index in [4.69, 9.17) is 33.2 Å². The Bertz CT molecular complexity index is 727. The summed E-state index contributed by atoms with van der Waals surface area (Å²) in [4.78, 5) is 70.2. The van der Waals surface area contributed by atoms with Crippen LogP contribution >= 0.6 is 0 Å². The summed E-state index contributed by atoms with van der Waals surface area (Å²) in [7, 11) is 0. The molecular formula is C18H24O13. The van der Waals surface area contributed by atoms with Gasteiger partial charge in [-0.25, -0.2) is 0 Å². The quantitative estimate of drug-likeness (QED) is 0.278. The standard InChI is InChI=1S/C18H24O13/c1-8(19)25-7-14-18(30-12(5)23,31-13(6)24)16(27-10(3)21)15(26-9(2)20)17(29-14)28-11(4)22/h14-17H,7H2,1-6H3. The number of hydrogen-bond donors (Lipinski definition) is 0. The molecule has 0 aliphatic carbocycles. The second-order valence-corrected chi connectivity index (χ2v) is 6.42. The molecule has 1 aliphatic heterocycles.